The molecule has 1 aliphatic rings. The van der Waals surface area contributed by atoms with Gasteiger partial charge in [-0.3, -0.25) is 9.59 Å². The topological polar surface area (TPSA) is 82.1 Å². The number of rotatable bonds is 5. The molecule has 2 aromatic carbocycles. The third kappa shape index (κ3) is 3.79. The van der Waals surface area contributed by atoms with Crippen molar-refractivity contribution in [2.75, 3.05) is 4.90 Å². The van der Waals surface area contributed by atoms with E-state index in [4.69, 9.17) is 0 Å². The Morgan fingerprint density at radius 3 is 2.17 bits per heavy atom. The zero-order chi connectivity index (χ0) is 25.6. The van der Waals surface area contributed by atoms with E-state index in [1.54, 1.807) is 47.3 Å². The lowest BCUT2D eigenvalue weighted by atomic mass is 9.98. The highest BCUT2D eigenvalue weighted by Crippen LogP contribution is 2.40. The van der Waals surface area contributed by atoms with Crippen LogP contribution in [0.25, 0.3) is 17.0 Å². The van der Waals surface area contributed by atoms with Crippen LogP contribution in [0.5, 0.6) is 5.88 Å². The molecule has 0 aliphatic carbocycles. The number of hydrogen-bond donors (Lipinski definition) is 0. The molecule has 0 bridgehead atoms. The molecule has 5 rings (SSSR count). The van der Waals surface area contributed by atoms with Crippen LogP contribution in [0.4, 0.5) is 5.69 Å². The molecule has 0 radical (unpaired) electrons. The van der Waals surface area contributed by atoms with Crippen LogP contribution in [0.3, 0.4) is 0 Å². The molecule has 1 aliphatic heterocycles. The summed E-state index contributed by atoms with van der Waals surface area (Å²) in [4.78, 5) is 29.0. The van der Waals surface area contributed by atoms with E-state index in [1.165, 1.54) is 4.68 Å². The molecule has 2 aromatic heterocycles. The van der Waals surface area contributed by atoms with Crippen LogP contribution in [0.1, 0.15) is 42.1 Å². The Morgan fingerprint density at radius 1 is 0.833 bits per heavy atom. The van der Waals surface area contributed by atoms with Gasteiger partial charge in [-0.2, -0.15) is 9.67 Å². The van der Waals surface area contributed by atoms with Crippen molar-refractivity contribution >= 4 is 28.8 Å². The van der Waals surface area contributed by atoms with Gasteiger partial charge >= 0.3 is 5.91 Å². The molecule has 0 N–H and O–H groups in total. The van der Waals surface area contributed by atoms with Gasteiger partial charge in [-0.25, -0.2) is 9.58 Å². The summed E-state index contributed by atoms with van der Waals surface area (Å²) in [6.45, 7) is 7.67. The minimum absolute atomic E-state index is 0.0621. The normalized spacial score (nSPS) is 13.9. The maximum Gasteiger partial charge on any atom is 0.331 e. The number of imide groups is 1. The summed E-state index contributed by atoms with van der Waals surface area (Å²) in [6.07, 6.45) is 3.49. The van der Waals surface area contributed by atoms with Crippen LogP contribution < -0.4 is 14.6 Å². The standard InChI is InChI=1S/C29H26N4O3/c1-18(2)25-23(28(35)33(30-25)22-10-6-5-7-11-22)24-26(31-16-8-9-20(4)17-31)29(36)32(27(24)34)21-14-12-19(3)13-15-21/h5-18H,1-4H3. The summed E-state index contributed by atoms with van der Waals surface area (Å²) >= 11 is 0. The van der Waals surface area contributed by atoms with Crippen LogP contribution in [-0.4, -0.2) is 21.6 Å². The van der Waals surface area contributed by atoms with Gasteiger partial charge in [0, 0.05) is 17.2 Å². The first-order valence-electron chi connectivity index (χ1n) is 11.8. The second kappa shape index (κ2) is 8.92. The van der Waals surface area contributed by atoms with E-state index in [0.29, 0.717) is 17.1 Å². The van der Waals surface area contributed by atoms with Crippen molar-refractivity contribution in [2.45, 2.75) is 33.6 Å². The summed E-state index contributed by atoms with van der Waals surface area (Å²) in [7, 11) is 0. The summed E-state index contributed by atoms with van der Waals surface area (Å²) in [5.74, 6) is -1.63. The number of aryl methyl sites for hydroxylation is 2. The van der Waals surface area contributed by atoms with Crippen molar-refractivity contribution in [3.05, 3.63) is 102 Å². The number of carbonyl (C=O) groups is 2. The van der Waals surface area contributed by atoms with Crippen LogP contribution in [0, 0.1) is 13.8 Å². The second-order valence-electron chi connectivity index (χ2n) is 9.26. The SMILES string of the molecule is Cc1ccc(N2C(=O)C(c3c(C(C)C)nn(-c4ccccc4)c3[O-])=C([n+]3cccc(C)c3)C2=O)cc1. The fourth-order valence-electron chi connectivity index (χ4n) is 4.45. The maximum absolute atomic E-state index is 14.0. The van der Waals surface area contributed by atoms with Gasteiger partial charge in [0.15, 0.2) is 12.4 Å². The Morgan fingerprint density at radius 2 is 1.53 bits per heavy atom. The van der Waals surface area contributed by atoms with Crippen LogP contribution >= 0.6 is 0 Å². The molecule has 2 amide bonds. The first kappa shape index (κ1) is 23.2. The van der Waals surface area contributed by atoms with E-state index in [2.05, 4.69) is 5.10 Å². The number of nitrogens with zero attached hydrogens (tertiary/aromatic N) is 4. The zero-order valence-electron chi connectivity index (χ0n) is 20.6. The molecule has 7 nitrogen and oxygen atoms in total. The summed E-state index contributed by atoms with van der Waals surface area (Å²) in [5.41, 5.74) is 3.78. The second-order valence-corrected chi connectivity index (χ2v) is 9.26. The first-order chi connectivity index (χ1) is 17.3. The predicted octanol–water partition coefficient (Wildman–Crippen LogP) is 3.92. The Hall–Kier alpha value is -4.52. The average Bonchev–Trinajstić information content (AvgIpc) is 3.33. The van der Waals surface area contributed by atoms with Gasteiger partial charge in [0.25, 0.3) is 11.6 Å². The van der Waals surface area contributed by atoms with Crippen molar-refractivity contribution in [1.29, 1.82) is 0 Å². The van der Waals surface area contributed by atoms with Crippen LogP contribution in [-0.2, 0) is 9.59 Å². The molecule has 4 aromatic rings. The van der Waals surface area contributed by atoms with E-state index in [0.717, 1.165) is 16.0 Å². The largest absolute Gasteiger partial charge is 0.858 e. The number of carbonyl (C=O) groups excluding carboxylic acids is 2. The lowest BCUT2D eigenvalue weighted by molar-refractivity contribution is -0.577. The van der Waals surface area contributed by atoms with Crippen molar-refractivity contribution in [2.24, 2.45) is 0 Å². The fourth-order valence-corrected chi connectivity index (χ4v) is 4.45. The van der Waals surface area contributed by atoms with Crippen LogP contribution in [0.15, 0.2) is 79.1 Å². The van der Waals surface area contributed by atoms with Gasteiger partial charge in [-0.05, 0) is 56.0 Å². The zero-order valence-corrected chi connectivity index (χ0v) is 20.6. The van der Waals surface area contributed by atoms with E-state index < -0.39 is 17.7 Å². The Bertz CT molecular complexity index is 1520. The molecule has 0 spiro atoms. The van der Waals surface area contributed by atoms with Crippen LogP contribution in [0.2, 0.25) is 0 Å². The smallest absolute Gasteiger partial charge is 0.331 e. The molecular formula is C29H26N4O3. The van der Waals surface area contributed by atoms with Gasteiger partial charge < -0.3 is 5.11 Å². The molecule has 0 atom stereocenters. The number of hydrogen-bond acceptors (Lipinski definition) is 4. The molecule has 0 saturated carbocycles. The number of amides is 2. The molecule has 7 heteroatoms. The van der Waals surface area contributed by atoms with Gasteiger partial charge in [0.1, 0.15) is 5.57 Å². The highest BCUT2D eigenvalue weighted by molar-refractivity contribution is 6.53. The average molecular weight is 479 g/mol. The lowest BCUT2D eigenvalue weighted by Crippen LogP contribution is -2.39. The molecule has 180 valence electrons. The quantitative estimate of drug-likeness (QED) is 0.322. The molecular weight excluding hydrogens is 452 g/mol. The third-order valence-corrected chi connectivity index (χ3v) is 6.23. The molecule has 3 heterocycles. The maximum atomic E-state index is 14.0. The molecule has 0 unspecified atom stereocenters. The predicted molar refractivity (Wildman–Crippen MR) is 135 cm³/mol. The number of para-hydroxylation sites is 1. The van der Waals surface area contributed by atoms with Gasteiger partial charge in [0.2, 0.25) is 0 Å². The third-order valence-electron chi connectivity index (χ3n) is 6.23. The Kier molecular flexibility index (Phi) is 5.76. The number of anilines is 1. The highest BCUT2D eigenvalue weighted by atomic mass is 16.3. The lowest BCUT2D eigenvalue weighted by Gasteiger charge is -2.16. The van der Waals surface area contributed by atoms with Gasteiger partial charge in [-0.1, -0.05) is 49.7 Å². The molecule has 0 saturated heterocycles. The van der Waals surface area contributed by atoms with E-state index >= 15 is 0 Å². The minimum Gasteiger partial charge on any atom is -0.858 e. The summed E-state index contributed by atoms with van der Waals surface area (Å²) in [5, 5.41) is 18.5. The fraction of sp³-hybridized carbons (Fsp3) is 0.172. The summed E-state index contributed by atoms with van der Waals surface area (Å²) in [6, 6.07) is 19.9. The number of pyridine rings is 1. The number of aromatic nitrogens is 3. The minimum atomic E-state index is -0.542. The van der Waals surface area contributed by atoms with Gasteiger partial charge in [0.05, 0.1) is 17.1 Å². The van der Waals surface area contributed by atoms with E-state index in [-0.39, 0.29) is 22.8 Å². The Balaban J connectivity index is 1.80. The van der Waals surface area contributed by atoms with Gasteiger partial charge in [-0.15, -0.1) is 0 Å². The highest BCUT2D eigenvalue weighted by Gasteiger charge is 2.47. The van der Waals surface area contributed by atoms with Crippen molar-refractivity contribution in [1.82, 2.24) is 9.78 Å². The van der Waals surface area contributed by atoms with Crippen molar-refractivity contribution in [3.63, 3.8) is 0 Å². The van der Waals surface area contributed by atoms with Crippen molar-refractivity contribution < 1.29 is 19.3 Å². The first-order valence-corrected chi connectivity index (χ1v) is 11.8. The van der Waals surface area contributed by atoms with E-state index in [1.807, 2.05) is 64.1 Å². The summed E-state index contributed by atoms with van der Waals surface area (Å²) < 4.78 is 2.94. The number of benzene rings is 2. The molecule has 0 fully saturated rings. The van der Waals surface area contributed by atoms with E-state index in [9.17, 15) is 14.7 Å². The van der Waals surface area contributed by atoms with Crippen molar-refractivity contribution in [3.8, 4) is 11.6 Å². The molecule has 36 heavy (non-hydrogen) atoms. The monoisotopic (exact) mass is 478 g/mol. The Labute approximate surface area is 209 Å².